The maximum absolute atomic E-state index is 13.3. The van der Waals surface area contributed by atoms with Gasteiger partial charge in [0.1, 0.15) is 10.0 Å². The lowest BCUT2D eigenvalue weighted by Crippen LogP contribution is -2.11. The molecule has 0 saturated carbocycles. The van der Waals surface area contributed by atoms with E-state index in [1.165, 1.54) is 24.5 Å². The Morgan fingerprint density at radius 3 is 2.94 bits per heavy atom. The minimum absolute atomic E-state index is 0.218. The Hall–Kier alpha value is -1.53. The maximum atomic E-state index is 13.3. The molecule has 1 aromatic heterocycles. The van der Waals surface area contributed by atoms with E-state index < -0.39 is 0 Å². The van der Waals surface area contributed by atoms with Crippen molar-refractivity contribution in [2.24, 2.45) is 0 Å². The second kappa shape index (κ2) is 5.88. The summed E-state index contributed by atoms with van der Waals surface area (Å²) < 4.78 is 18.2. The molecule has 0 unspecified atom stereocenters. The molecule has 1 aromatic carbocycles. The highest BCUT2D eigenvalue weighted by Crippen LogP contribution is 2.28. The molecule has 0 spiro atoms. The van der Waals surface area contributed by atoms with Crippen LogP contribution in [0.5, 0.6) is 5.75 Å². The smallest absolute Gasteiger partial charge is 0.165 e. The Morgan fingerprint density at radius 1 is 1.39 bits per heavy atom. The molecule has 0 aliphatic rings. The summed E-state index contributed by atoms with van der Waals surface area (Å²) in [7, 11) is 1.44. The van der Waals surface area contributed by atoms with E-state index in [1.807, 2.05) is 6.92 Å². The average Bonchev–Trinajstić information content (AvgIpc) is 2.85. The molecule has 2 rings (SSSR count). The van der Waals surface area contributed by atoms with Gasteiger partial charge in [0.25, 0.3) is 0 Å². The molecule has 1 heterocycles. The molecule has 0 bridgehead atoms. The molecule has 0 atom stereocenters. The first kappa shape index (κ1) is 12.9. The predicted octanol–water partition coefficient (Wildman–Crippen LogP) is 2.46. The van der Waals surface area contributed by atoms with Crippen LogP contribution in [0.4, 0.5) is 4.39 Å². The number of hydrogen-bond donors (Lipinski definition) is 1. The zero-order valence-corrected chi connectivity index (χ0v) is 11.1. The van der Waals surface area contributed by atoms with Crippen molar-refractivity contribution in [2.45, 2.75) is 13.5 Å². The van der Waals surface area contributed by atoms with Crippen LogP contribution in [-0.4, -0.2) is 23.9 Å². The first-order chi connectivity index (χ1) is 8.74. The zero-order valence-electron chi connectivity index (χ0n) is 10.2. The Labute approximate surface area is 109 Å². The number of nitrogens with zero attached hydrogens (tertiary/aromatic N) is 2. The maximum Gasteiger partial charge on any atom is 0.165 e. The number of methoxy groups -OCH3 is 1. The second-order valence-corrected chi connectivity index (χ2v) is 4.69. The van der Waals surface area contributed by atoms with Crippen LogP contribution < -0.4 is 10.1 Å². The van der Waals surface area contributed by atoms with Crippen molar-refractivity contribution in [2.75, 3.05) is 13.7 Å². The highest BCUT2D eigenvalue weighted by Gasteiger charge is 2.09. The van der Waals surface area contributed by atoms with Crippen molar-refractivity contribution >= 4 is 11.3 Å². The van der Waals surface area contributed by atoms with Gasteiger partial charge in [-0.15, -0.1) is 10.2 Å². The van der Waals surface area contributed by atoms with E-state index in [2.05, 4.69) is 15.5 Å². The number of ether oxygens (including phenoxy) is 1. The van der Waals surface area contributed by atoms with Crippen LogP contribution in [0, 0.1) is 5.82 Å². The molecule has 0 amide bonds. The summed E-state index contributed by atoms with van der Waals surface area (Å²) in [5, 5.41) is 13.0. The summed E-state index contributed by atoms with van der Waals surface area (Å²) in [6.07, 6.45) is 0. The minimum atomic E-state index is -0.376. The first-order valence-electron chi connectivity index (χ1n) is 5.61. The lowest BCUT2D eigenvalue weighted by atomic mass is 10.2. The van der Waals surface area contributed by atoms with Gasteiger partial charge in [0.15, 0.2) is 11.6 Å². The van der Waals surface area contributed by atoms with Gasteiger partial charge >= 0.3 is 0 Å². The second-order valence-electron chi connectivity index (χ2n) is 3.63. The highest BCUT2D eigenvalue weighted by atomic mass is 32.1. The van der Waals surface area contributed by atoms with E-state index in [4.69, 9.17) is 4.74 Å². The third kappa shape index (κ3) is 2.83. The molecule has 2 aromatic rings. The van der Waals surface area contributed by atoms with E-state index in [9.17, 15) is 4.39 Å². The van der Waals surface area contributed by atoms with Crippen LogP contribution in [0.25, 0.3) is 10.6 Å². The van der Waals surface area contributed by atoms with Crippen molar-refractivity contribution in [3.63, 3.8) is 0 Å². The SMILES string of the molecule is CCNCc1nnc(-c2ccc(F)c(OC)c2)s1. The number of nitrogens with one attached hydrogen (secondary N) is 1. The topological polar surface area (TPSA) is 47.0 Å². The van der Waals surface area contributed by atoms with E-state index in [0.29, 0.717) is 6.54 Å². The summed E-state index contributed by atoms with van der Waals surface area (Å²) >= 11 is 1.49. The molecular formula is C12H14FN3OS. The van der Waals surface area contributed by atoms with E-state index >= 15 is 0 Å². The van der Waals surface area contributed by atoms with Gasteiger partial charge < -0.3 is 10.1 Å². The number of halogens is 1. The van der Waals surface area contributed by atoms with Crippen molar-refractivity contribution < 1.29 is 9.13 Å². The minimum Gasteiger partial charge on any atom is -0.494 e. The summed E-state index contributed by atoms with van der Waals surface area (Å²) in [4.78, 5) is 0. The molecule has 96 valence electrons. The fourth-order valence-electron chi connectivity index (χ4n) is 1.47. The number of benzene rings is 1. The summed E-state index contributed by atoms with van der Waals surface area (Å²) in [6.45, 7) is 3.62. The number of hydrogen-bond acceptors (Lipinski definition) is 5. The fourth-order valence-corrected chi connectivity index (χ4v) is 2.27. The van der Waals surface area contributed by atoms with E-state index in [-0.39, 0.29) is 11.6 Å². The van der Waals surface area contributed by atoms with Crippen LogP contribution in [-0.2, 0) is 6.54 Å². The van der Waals surface area contributed by atoms with Crippen LogP contribution in [0.3, 0.4) is 0 Å². The van der Waals surface area contributed by atoms with E-state index in [0.717, 1.165) is 22.1 Å². The first-order valence-corrected chi connectivity index (χ1v) is 6.43. The van der Waals surface area contributed by atoms with Gasteiger partial charge in [-0.25, -0.2) is 4.39 Å². The lowest BCUT2D eigenvalue weighted by molar-refractivity contribution is 0.387. The summed E-state index contributed by atoms with van der Waals surface area (Å²) in [6, 6.07) is 4.68. The normalized spacial score (nSPS) is 10.6. The molecule has 6 heteroatoms. The third-order valence-corrected chi connectivity index (χ3v) is 3.36. The molecule has 0 aliphatic heterocycles. The average molecular weight is 267 g/mol. The Bertz CT molecular complexity index is 530. The van der Waals surface area contributed by atoms with Crippen molar-refractivity contribution in [1.29, 1.82) is 0 Å². The largest absolute Gasteiger partial charge is 0.494 e. The summed E-state index contributed by atoms with van der Waals surface area (Å²) in [5.74, 6) is -0.158. The third-order valence-electron chi connectivity index (χ3n) is 2.39. The Kier molecular flexibility index (Phi) is 4.22. The Balaban J connectivity index is 2.23. The molecule has 0 radical (unpaired) electrons. The van der Waals surface area contributed by atoms with Crippen LogP contribution in [0.2, 0.25) is 0 Å². The molecule has 18 heavy (non-hydrogen) atoms. The lowest BCUT2D eigenvalue weighted by Gasteiger charge is -2.02. The van der Waals surface area contributed by atoms with Gasteiger partial charge in [-0.05, 0) is 24.7 Å². The molecular weight excluding hydrogens is 253 g/mol. The highest BCUT2D eigenvalue weighted by molar-refractivity contribution is 7.14. The molecule has 1 N–H and O–H groups in total. The van der Waals surface area contributed by atoms with Gasteiger partial charge in [-0.3, -0.25) is 0 Å². The van der Waals surface area contributed by atoms with Crippen molar-refractivity contribution in [3.05, 3.63) is 29.0 Å². The van der Waals surface area contributed by atoms with Crippen LogP contribution >= 0.6 is 11.3 Å². The molecule has 4 nitrogen and oxygen atoms in total. The van der Waals surface area contributed by atoms with Gasteiger partial charge in [0.05, 0.1) is 7.11 Å². The summed E-state index contributed by atoms with van der Waals surface area (Å²) in [5.41, 5.74) is 0.813. The van der Waals surface area contributed by atoms with Gasteiger partial charge in [0, 0.05) is 12.1 Å². The van der Waals surface area contributed by atoms with Crippen molar-refractivity contribution in [3.8, 4) is 16.3 Å². The fraction of sp³-hybridized carbons (Fsp3) is 0.333. The van der Waals surface area contributed by atoms with Gasteiger partial charge in [0.2, 0.25) is 0 Å². The molecule has 0 saturated heterocycles. The van der Waals surface area contributed by atoms with Crippen molar-refractivity contribution in [1.82, 2.24) is 15.5 Å². The molecule has 0 fully saturated rings. The number of aromatic nitrogens is 2. The van der Waals surface area contributed by atoms with E-state index in [1.54, 1.807) is 12.1 Å². The van der Waals surface area contributed by atoms with Crippen LogP contribution in [0.15, 0.2) is 18.2 Å². The van der Waals surface area contributed by atoms with Crippen LogP contribution in [0.1, 0.15) is 11.9 Å². The Morgan fingerprint density at radius 2 is 2.22 bits per heavy atom. The zero-order chi connectivity index (χ0) is 13.0. The standard InChI is InChI=1S/C12H14FN3OS/c1-3-14-7-11-15-16-12(18-11)8-4-5-9(13)10(6-8)17-2/h4-6,14H,3,7H2,1-2H3. The quantitative estimate of drug-likeness (QED) is 0.904. The van der Waals surface area contributed by atoms with Gasteiger partial charge in [-0.2, -0.15) is 0 Å². The molecule has 0 aliphatic carbocycles. The number of rotatable bonds is 5. The van der Waals surface area contributed by atoms with Gasteiger partial charge in [-0.1, -0.05) is 18.3 Å². The monoisotopic (exact) mass is 267 g/mol. The predicted molar refractivity (Wildman–Crippen MR) is 69.2 cm³/mol.